The first-order valence-electron chi connectivity index (χ1n) is 6.58. The lowest BCUT2D eigenvalue weighted by molar-refractivity contribution is 0.521. The van der Waals surface area contributed by atoms with Gasteiger partial charge in [-0.3, -0.25) is 0 Å². The molecule has 4 heteroatoms. The second-order valence-electron chi connectivity index (χ2n) is 5.13. The largest absolute Gasteiger partial charge is 0.384 e. The highest BCUT2D eigenvalue weighted by Gasteiger charge is 2.40. The molecule has 1 saturated carbocycles. The summed E-state index contributed by atoms with van der Waals surface area (Å²) in [7, 11) is -3.08. The number of rotatable bonds is 6. The van der Waals surface area contributed by atoms with E-state index in [9.17, 15) is 8.42 Å². The van der Waals surface area contributed by atoms with Crippen molar-refractivity contribution in [3.63, 3.8) is 0 Å². The Labute approximate surface area is 110 Å². The number of hydrogen-bond donors (Lipinski definition) is 1. The predicted octanol–water partition coefficient (Wildman–Crippen LogP) is 3.08. The summed E-state index contributed by atoms with van der Waals surface area (Å²) in [5, 5.41) is 3.40. The molecule has 1 aliphatic rings. The summed E-state index contributed by atoms with van der Waals surface area (Å²) in [6.07, 6.45) is 3.82. The molecule has 0 heterocycles. The maximum atomic E-state index is 11.7. The van der Waals surface area contributed by atoms with Gasteiger partial charge in [-0.2, -0.15) is 0 Å². The Kier molecular flexibility index (Phi) is 3.66. The molecule has 0 bridgehead atoms. The Morgan fingerprint density at radius 2 is 1.78 bits per heavy atom. The molecular formula is C14H21NO2S. The van der Waals surface area contributed by atoms with Gasteiger partial charge >= 0.3 is 0 Å². The van der Waals surface area contributed by atoms with Crippen molar-refractivity contribution in [2.75, 3.05) is 17.6 Å². The van der Waals surface area contributed by atoms with Crippen LogP contribution in [0.15, 0.2) is 29.2 Å². The van der Waals surface area contributed by atoms with Gasteiger partial charge in [-0.15, -0.1) is 0 Å². The molecule has 0 unspecified atom stereocenters. The van der Waals surface area contributed by atoms with E-state index in [1.165, 1.54) is 19.3 Å². The fourth-order valence-electron chi connectivity index (χ4n) is 2.07. The van der Waals surface area contributed by atoms with Crippen LogP contribution in [0.1, 0.15) is 33.1 Å². The Morgan fingerprint density at radius 3 is 2.22 bits per heavy atom. The highest BCUT2D eigenvalue weighted by atomic mass is 32.2. The van der Waals surface area contributed by atoms with Crippen molar-refractivity contribution in [3.8, 4) is 0 Å². The van der Waals surface area contributed by atoms with Gasteiger partial charge in [-0.05, 0) is 48.9 Å². The topological polar surface area (TPSA) is 46.2 Å². The molecule has 1 aromatic carbocycles. The zero-order valence-corrected chi connectivity index (χ0v) is 11.9. The Hall–Kier alpha value is -1.03. The fourth-order valence-corrected chi connectivity index (χ4v) is 2.95. The summed E-state index contributed by atoms with van der Waals surface area (Å²) in [5.41, 5.74) is 1.50. The van der Waals surface area contributed by atoms with Gasteiger partial charge in [0.2, 0.25) is 0 Å². The summed E-state index contributed by atoms with van der Waals surface area (Å²) in [6.45, 7) is 4.88. The average Bonchev–Trinajstić information content (AvgIpc) is 3.18. The maximum absolute atomic E-state index is 11.7. The van der Waals surface area contributed by atoms with Crippen molar-refractivity contribution in [2.24, 2.45) is 5.41 Å². The van der Waals surface area contributed by atoms with Gasteiger partial charge < -0.3 is 5.32 Å². The SMILES string of the molecule is CCC1(CNc2ccc(S(=O)(=O)CC)cc2)CC1. The van der Waals surface area contributed by atoms with Gasteiger partial charge in [0.25, 0.3) is 0 Å². The molecule has 0 aromatic heterocycles. The fraction of sp³-hybridized carbons (Fsp3) is 0.571. The summed E-state index contributed by atoms with van der Waals surface area (Å²) in [5.74, 6) is 0.152. The molecule has 2 rings (SSSR count). The Morgan fingerprint density at radius 1 is 1.17 bits per heavy atom. The van der Waals surface area contributed by atoms with Crippen LogP contribution in [-0.4, -0.2) is 20.7 Å². The third-order valence-corrected chi connectivity index (χ3v) is 5.72. The van der Waals surface area contributed by atoms with E-state index in [1.807, 2.05) is 12.1 Å². The van der Waals surface area contributed by atoms with Crippen LogP contribution < -0.4 is 5.32 Å². The molecule has 100 valence electrons. The molecule has 1 aromatic rings. The molecule has 0 spiro atoms. The van der Waals surface area contributed by atoms with E-state index in [0.29, 0.717) is 10.3 Å². The van der Waals surface area contributed by atoms with Crippen molar-refractivity contribution in [2.45, 2.75) is 38.0 Å². The molecular weight excluding hydrogens is 246 g/mol. The summed E-state index contributed by atoms with van der Waals surface area (Å²) in [4.78, 5) is 0.409. The predicted molar refractivity (Wildman–Crippen MR) is 74.6 cm³/mol. The van der Waals surface area contributed by atoms with Crippen LogP contribution >= 0.6 is 0 Å². The number of hydrogen-bond acceptors (Lipinski definition) is 3. The van der Waals surface area contributed by atoms with Gasteiger partial charge in [-0.1, -0.05) is 13.8 Å². The van der Waals surface area contributed by atoms with E-state index in [0.717, 1.165) is 12.2 Å². The highest BCUT2D eigenvalue weighted by Crippen LogP contribution is 2.48. The van der Waals surface area contributed by atoms with Gasteiger partial charge in [0.05, 0.1) is 10.6 Å². The van der Waals surface area contributed by atoms with E-state index in [-0.39, 0.29) is 5.75 Å². The minimum atomic E-state index is -3.08. The van der Waals surface area contributed by atoms with Crippen LogP contribution in [0.4, 0.5) is 5.69 Å². The molecule has 0 amide bonds. The van der Waals surface area contributed by atoms with Crippen LogP contribution in [0.3, 0.4) is 0 Å². The smallest absolute Gasteiger partial charge is 0.178 e. The summed E-state index contributed by atoms with van der Waals surface area (Å²) < 4.78 is 23.3. The van der Waals surface area contributed by atoms with Gasteiger partial charge in [-0.25, -0.2) is 8.42 Å². The Bertz CT molecular complexity index is 501. The van der Waals surface area contributed by atoms with Crippen LogP contribution in [0.2, 0.25) is 0 Å². The number of nitrogens with one attached hydrogen (secondary N) is 1. The molecule has 1 fully saturated rings. The van der Waals surface area contributed by atoms with E-state index < -0.39 is 9.84 Å². The molecule has 0 saturated heterocycles. The lowest BCUT2D eigenvalue weighted by Crippen LogP contribution is -2.14. The molecule has 3 nitrogen and oxygen atoms in total. The van der Waals surface area contributed by atoms with E-state index in [2.05, 4.69) is 12.2 Å². The van der Waals surface area contributed by atoms with Crippen LogP contribution in [0.5, 0.6) is 0 Å². The molecule has 1 N–H and O–H groups in total. The van der Waals surface area contributed by atoms with Crippen molar-refractivity contribution < 1.29 is 8.42 Å². The zero-order valence-electron chi connectivity index (χ0n) is 11.1. The van der Waals surface area contributed by atoms with Crippen LogP contribution in [-0.2, 0) is 9.84 Å². The quantitative estimate of drug-likeness (QED) is 0.861. The molecule has 0 aliphatic heterocycles. The van der Waals surface area contributed by atoms with Gasteiger partial charge in [0.1, 0.15) is 0 Å². The van der Waals surface area contributed by atoms with Crippen molar-refractivity contribution in [1.82, 2.24) is 0 Å². The summed E-state index contributed by atoms with van der Waals surface area (Å²) in [6, 6.07) is 7.09. The van der Waals surface area contributed by atoms with Gasteiger partial charge in [0, 0.05) is 12.2 Å². The standard InChI is InChI=1S/C14H21NO2S/c1-3-14(9-10-14)11-15-12-5-7-13(8-6-12)18(16,17)4-2/h5-8,15H,3-4,9-11H2,1-2H3. The van der Waals surface area contributed by atoms with E-state index >= 15 is 0 Å². The number of benzene rings is 1. The van der Waals surface area contributed by atoms with Crippen LogP contribution in [0.25, 0.3) is 0 Å². The number of anilines is 1. The van der Waals surface area contributed by atoms with Crippen molar-refractivity contribution in [1.29, 1.82) is 0 Å². The minimum absolute atomic E-state index is 0.152. The molecule has 1 aliphatic carbocycles. The van der Waals surface area contributed by atoms with E-state index in [1.54, 1.807) is 19.1 Å². The monoisotopic (exact) mass is 267 g/mol. The van der Waals surface area contributed by atoms with Crippen molar-refractivity contribution in [3.05, 3.63) is 24.3 Å². The Balaban J connectivity index is 2.00. The van der Waals surface area contributed by atoms with Gasteiger partial charge in [0.15, 0.2) is 9.84 Å². The van der Waals surface area contributed by atoms with Crippen molar-refractivity contribution >= 4 is 15.5 Å². The zero-order chi connectivity index (χ0) is 13.2. The van der Waals surface area contributed by atoms with Crippen LogP contribution in [0, 0.1) is 5.41 Å². The normalized spacial score (nSPS) is 17.4. The lowest BCUT2D eigenvalue weighted by Gasteiger charge is -2.14. The first kappa shape index (κ1) is 13.4. The second-order valence-corrected chi connectivity index (χ2v) is 7.41. The highest BCUT2D eigenvalue weighted by molar-refractivity contribution is 7.91. The first-order chi connectivity index (χ1) is 8.51. The third-order valence-electron chi connectivity index (χ3n) is 3.97. The molecule has 0 radical (unpaired) electrons. The second kappa shape index (κ2) is 4.92. The maximum Gasteiger partial charge on any atom is 0.178 e. The number of sulfone groups is 1. The first-order valence-corrected chi connectivity index (χ1v) is 8.23. The van der Waals surface area contributed by atoms with E-state index in [4.69, 9.17) is 0 Å². The molecule has 18 heavy (non-hydrogen) atoms. The molecule has 0 atom stereocenters. The summed E-state index contributed by atoms with van der Waals surface area (Å²) >= 11 is 0. The minimum Gasteiger partial charge on any atom is -0.384 e. The average molecular weight is 267 g/mol. The lowest BCUT2D eigenvalue weighted by atomic mass is 10.0. The third kappa shape index (κ3) is 2.86.